The molecule has 2 aliphatic heterocycles. The van der Waals surface area contributed by atoms with Crippen LogP contribution in [0.2, 0.25) is 0 Å². The summed E-state index contributed by atoms with van der Waals surface area (Å²) in [6, 6.07) is 11.1. The number of amides is 3. The van der Waals surface area contributed by atoms with Gasteiger partial charge in [0.15, 0.2) is 0 Å². The Morgan fingerprint density at radius 2 is 1.62 bits per heavy atom. The molecule has 4 rings (SSSR count). The van der Waals surface area contributed by atoms with Gasteiger partial charge in [0.25, 0.3) is 0 Å². The van der Waals surface area contributed by atoms with Crippen LogP contribution in [0, 0.1) is 17.6 Å². The minimum Gasteiger partial charge on any atom is -0.340 e. The molecule has 182 valence electrons. The first-order valence-corrected chi connectivity index (χ1v) is 12.5. The number of nitrogens with one attached hydrogen (secondary N) is 1. The Morgan fingerprint density at radius 1 is 0.912 bits per heavy atom. The molecule has 2 aliphatic rings. The van der Waals surface area contributed by atoms with Crippen molar-refractivity contribution < 1.29 is 26.8 Å². The first-order chi connectivity index (χ1) is 16.3. The Kier molecular flexibility index (Phi) is 7.13. The summed E-state index contributed by atoms with van der Waals surface area (Å²) in [6.07, 6.45) is 1.33. The van der Waals surface area contributed by atoms with Crippen LogP contribution in [0.25, 0.3) is 0 Å². The number of benzene rings is 2. The van der Waals surface area contributed by atoms with E-state index in [2.05, 4.69) is 5.32 Å². The number of likely N-dealkylation sites (tertiary alicyclic amines) is 1. The summed E-state index contributed by atoms with van der Waals surface area (Å²) in [6.45, 7) is 1.07. The molecule has 1 N–H and O–H groups in total. The lowest BCUT2D eigenvalue weighted by atomic mass is 9.96. The van der Waals surface area contributed by atoms with Gasteiger partial charge in [-0.1, -0.05) is 18.2 Å². The minimum absolute atomic E-state index is 0.0189. The Hall–Kier alpha value is -3.05. The number of piperazine rings is 1. The molecule has 11 heteroatoms. The summed E-state index contributed by atoms with van der Waals surface area (Å²) in [4.78, 5) is 28.2. The molecule has 0 saturated carbocycles. The number of hydrogen-bond donors (Lipinski definition) is 1. The molecule has 1 unspecified atom stereocenters. The van der Waals surface area contributed by atoms with Gasteiger partial charge in [-0.2, -0.15) is 4.31 Å². The van der Waals surface area contributed by atoms with Gasteiger partial charge in [-0.15, -0.1) is 0 Å². The molecule has 8 nitrogen and oxygen atoms in total. The van der Waals surface area contributed by atoms with Gasteiger partial charge >= 0.3 is 6.03 Å². The predicted octanol–water partition coefficient (Wildman–Crippen LogP) is 2.74. The molecule has 34 heavy (non-hydrogen) atoms. The van der Waals surface area contributed by atoms with E-state index in [0.29, 0.717) is 31.1 Å². The van der Waals surface area contributed by atoms with Crippen LogP contribution in [0.3, 0.4) is 0 Å². The third-order valence-corrected chi connectivity index (χ3v) is 8.06. The molecule has 0 aromatic heterocycles. The van der Waals surface area contributed by atoms with Crippen LogP contribution in [0.15, 0.2) is 53.4 Å². The van der Waals surface area contributed by atoms with Crippen molar-refractivity contribution >= 4 is 27.6 Å². The molecule has 0 bridgehead atoms. The lowest BCUT2D eigenvalue weighted by molar-refractivity contribution is -0.138. The third kappa shape index (κ3) is 5.20. The highest BCUT2D eigenvalue weighted by Gasteiger charge is 2.36. The SMILES string of the molecule is O=C(Nc1ccccc1)N1CCCC(C(=O)N2CCN(S(=O)(=O)c3cc(F)ccc3F)CC2)C1. The maximum atomic E-state index is 14.0. The zero-order chi connectivity index (χ0) is 24.3. The van der Waals surface area contributed by atoms with E-state index in [1.54, 1.807) is 21.9 Å². The number of halogens is 2. The Morgan fingerprint density at radius 3 is 2.32 bits per heavy atom. The average Bonchev–Trinajstić information content (AvgIpc) is 2.85. The van der Waals surface area contributed by atoms with E-state index in [1.807, 2.05) is 18.2 Å². The molecule has 0 radical (unpaired) electrons. The van der Waals surface area contributed by atoms with Gasteiger partial charge in [0.1, 0.15) is 16.5 Å². The van der Waals surface area contributed by atoms with Crippen LogP contribution in [0.4, 0.5) is 19.3 Å². The average molecular weight is 493 g/mol. The van der Waals surface area contributed by atoms with Crippen LogP contribution in [0.1, 0.15) is 12.8 Å². The van der Waals surface area contributed by atoms with Gasteiger partial charge in [-0.05, 0) is 43.2 Å². The summed E-state index contributed by atoms with van der Waals surface area (Å²) in [5.74, 6) is -2.37. The number of sulfonamides is 1. The predicted molar refractivity (Wildman–Crippen MR) is 121 cm³/mol. The monoisotopic (exact) mass is 492 g/mol. The standard InChI is InChI=1S/C23H26F2N4O4S/c24-18-8-9-20(25)21(15-18)34(32,33)29-13-11-27(12-14-29)22(30)17-5-4-10-28(16-17)23(31)26-19-6-2-1-3-7-19/h1-3,6-9,15,17H,4-5,10-14,16H2,(H,26,31). The highest BCUT2D eigenvalue weighted by Crippen LogP contribution is 2.24. The Balaban J connectivity index is 1.35. The van der Waals surface area contributed by atoms with Gasteiger partial charge in [0, 0.05) is 45.0 Å². The largest absolute Gasteiger partial charge is 0.340 e. The highest BCUT2D eigenvalue weighted by atomic mass is 32.2. The Labute approximate surface area is 197 Å². The van der Waals surface area contributed by atoms with Crippen molar-refractivity contribution in [3.8, 4) is 0 Å². The quantitative estimate of drug-likeness (QED) is 0.711. The number of hydrogen-bond acceptors (Lipinski definition) is 4. The van der Waals surface area contributed by atoms with E-state index in [4.69, 9.17) is 0 Å². The van der Waals surface area contributed by atoms with Gasteiger partial charge in [-0.25, -0.2) is 22.0 Å². The lowest BCUT2D eigenvalue weighted by Crippen LogP contribution is -2.54. The van der Waals surface area contributed by atoms with Crippen molar-refractivity contribution in [3.63, 3.8) is 0 Å². The highest BCUT2D eigenvalue weighted by molar-refractivity contribution is 7.89. The first kappa shape index (κ1) is 24.1. The number of nitrogens with zero attached hydrogens (tertiary/aromatic N) is 3. The number of para-hydroxylation sites is 1. The Bertz CT molecular complexity index is 1150. The fourth-order valence-electron chi connectivity index (χ4n) is 4.31. The molecule has 2 fully saturated rings. The molecule has 0 spiro atoms. The molecular formula is C23H26F2N4O4S. The lowest BCUT2D eigenvalue weighted by Gasteiger charge is -2.38. The molecule has 0 aliphatic carbocycles. The molecule has 2 aromatic rings. The smallest absolute Gasteiger partial charge is 0.321 e. The van der Waals surface area contributed by atoms with Crippen molar-refractivity contribution in [2.75, 3.05) is 44.6 Å². The second-order valence-electron chi connectivity index (χ2n) is 8.39. The second kappa shape index (κ2) is 10.1. The third-order valence-electron chi connectivity index (χ3n) is 6.14. The topological polar surface area (TPSA) is 90.0 Å². The number of carbonyl (C=O) groups excluding carboxylic acids is 2. The molecular weight excluding hydrogens is 466 g/mol. The summed E-state index contributed by atoms with van der Waals surface area (Å²) >= 11 is 0. The van der Waals surface area contributed by atoms with Crippen molar-refractivity contribution in [2.24, 2.45) is 5.92 Å². The number of rotatable bonds is 4. The maximum absolute atomic E-state index is 14.0. The van der Waals surface area contributed by atoms with Crippen molar-refractivity contribution in [3.05, 3.63) is 60.2 Å². The second-order valence-corrected chi connectivity index (χ2v) is 10.3. The zero-order valence-electron chi connectivity index (χ0n) is 18.5. The summed E-state index contributed by atoms with van der Waals surface area (Å²) in [5.41, 5.74) is 0.674. The van der Waals surface area contributed by atoms with E-state index in [9.17, 15) is 26.8 Å². The fourth-order valence-corrected chi connectivity index (χ4v) is 5.81. The van der Waals surface area contributed by atoms with Gasteiger partial charge < -0.3 is 15.1 Å². The fraction of sp³-hybridized carbons (Fsp3) is 0.391. The maximum Gasteiger partial charge on any atom is 0.321 e. The van der Waals surface area contributed by atoms with E-state index in [1.165, 1.54) is 0 Å². The van der Waals surface area contributed by atoms with Gasteiger partial charge in [0.2, 0.25) is 15.9 Å². The first-order valence-electron chi connectivity index (χ1n) is 11.1. The summed E-state index contributed by atoms with van der Waals surface area (Å²) in [7, 11) is -4.22. The molecule has 3 amide bonds. The van der Waals surface area contributed by atoms with Crippen LogP contribution in [-0.4, -0.2) is 73.7 Å². The normalized spacial score (nSPS) is 19.6. The minimum atomic E-state index is -4.22. The molecule has 2 saturated heterocycles. The van der Waals surface area contributed by atoms with Crippen molar-refractivity contribution in [1.82, 2.24) is 14.1 Å². The number of urea groups is 1. The van der Waals surface area contributed by atoms with E-state index < -0.39 is 26.6 Å². The van der Waals surface area contributed by atoms with E-state index >= 15 is 0 Å². The van der Waals surface area contributed by atoms with Crippen LogP contribution < -0.4 is 5.32 Å². The molecule has 1 atom stereocenters. The van der Waals surface area contributed by atoms with Crippen LogP contribution >= 0.6 is 0 Å². The zero-order valence-corrected chi connectivity index (χ0v) is 19.3. The summed E-state index contributed by atoms with van der Waals surface area (Å²) < 4.78 is 54.1. The number of carbonyl (C=O) groups is 2. The van der Waals surface area contributed by atoms with Gasteiger partial charge in [0.05, 0.1) is 5.92 Å². The van der Waals surface area contributed by atoms with Crippen molar-refractivity contribution in [1.29, 1.82) is 0 Å². The molecule has 2 heterocycles. The summed E-state index contributed by atoms with van der Waals surface area (Å²) in [5, 5.41) is 2.83. The van der Waals surface area contributed by atoms with E-state index in [-0.39, 0.29) is 50.6 Å². The molecule has 2 aromatic carbocycles. The van der Waals surface area contributed by atoms with Gasteiger partial charge in [-0.3, -0.25) is 4.79 Å². The number of piperidine rings is 1. The van der Waals surface area contributed by atoms with Crippen LogP contribution in [0.5, 0.6) is 0 Å². The van der Waals surface area contributed by atoms with Crippen molar-refractivity contribution in [2.45, 2.75) is 17.7 Å². The van der Waals surface area contributed by atoms with E-state index in [0.717, 1.165) is 16.4 Å². The van der Waals surface area contributed by atoms with Crippen LogP contribution in [-0.2, 0) is 14.8 Å². The number of anilines is 1.